The van der Waals surface area contributed by atoms with Crippen LogP contribution in [0, 0.1) is 0 Å². The fraction of sp³-hybridized carbons (Fsp3) is 0.200. The minimum atomic E-state index is -0.0750. The fourth-order valence-corrected chi connectivity index (χ4v) is 1.18. The Labute approximate surface area is 86.8 Å². The van der Waals surface area contributed by atoms with Crippen LogP contribution in [0.1, 0.15) is 11.5 Å². The first kappa shape index (κ1) is 9.67. The molecule has 0 unspecified atom stereocenters. The third-order valence-electron chi connectivity index (χ3n) is 1.90. The third kappa shape index (κ3) is 2.54. The highest BCUT2D eigenvalue weighted by molar-refractivity contribution is 5.37. The molecule has 5 nitrogen and oxygen atoms in total. The van der Waals surface area contributed by atoms with Crippen LogP contribution in [0.25, 0.3) is 0 Å². The predicted molar refractivity (Wildman–Crippen MR) is 54.0 cm³/mol. The Morgan fingerprint density at radius 1 is 1.20 bits per heavy atom. The summed E-state index contributed by atoms with van der Waals surface area (Å²) in [7, 11) is 0. The van der Waals surface area contributed by atoms with E-state index >= 15 is 0 Å². The van der Waals surface area contributed by atoms with E-state index in [0.29, 0.717) is 12.3 Å². The number of nitrogens with zero attached hydrogens (tertiary/aromatic N) is 2. The van der Waals surface area contributed by atoms with Crippen LogP contribution in [0.2, 0.25) is 0 Å². The Morgan fingerprint density at radius 2 is 1.93 bits per heavy atom. The predicted octanol–water partition coefficient (Wildman–Crippen LogP) is 1.17. The van der Waals surface area contributed by atoms with Crippen molar-refractivity contribution in [3.8, 4) is 0 Å². The second-order valence-corrected chi connectivity index (χ2v) is 3.01. The van der Waals surface area contributed by atoms with E-state index in [9.17, 15) is 0 Å². The van der Waals surface area contributed by atoms with Crippen LogP contribution in [0.5, 0.6) is 0 Å². The summed E-state index contributed by atoms with van der Waals surface area (Å²) in [6, 6.07) is 3.57. The molecule has 2 aromatic rings. The molecule has 0 atom stereocenters. The molecule has 0 saturated carbocycles. The Balaban J connectivity index is 1.93. The first-order valence-electron chi connectivity index (χ1n) is 4.56. The molecule has 5 heteroatoms. The van der Waals surface area contributed by atoms with Gasteiger partial charge in [0.15, 0.2) is 0 Å². The van der Waals surface area contributed by atoms with Gasteiger partial charge in [0.25, 0.3) is 0 Å². The lowest BCUT2D eigenvalue weighted by Gasteiger charge is -2.01. The van der Waals surface area contributed by atoms with Gasteiger partial charge in [0.2, 0.25) is 0 Å². The second kappa shape index (κ2) is 4.56. The quantitative estimate of drug-likeness (QED) is 0.784. The van der Waals surface area contributed by atoms with Crippen molar-refractivity contribution in [2.75, 3.05) is 5.32 Å². The van der Waals surface area contributed by atoms with Gasteiger partial charge >= 0.3 is 0 Å². The molecule has 2 N–H and O–H groups in total. The van der Waals surface area contributed by atoms with E-state index in [2.05, 4.69) is 15.3 Å². The summed E-state index contributed by atoms with van der Waals surface area (Å²) in [6.07, 6.45) is 4.84. The van der Waals surface area contributed by atoms with Crippen molar-refractivity contribution in [3.63, 3.8) is 0 Å². The van der Waals surface area contributed by atoms with Gasteiger partial charge in [-0.2, -0.15) is 0 Å². The number of aliphatic hydroxyl groups excluding tert-OH is 1. The van der Waals surface area contributed by atoms with E-state index in [4.69, 9.17) is 9.52 Å². The molecule has 0 bridgehead atoms. The highest BCUT2D eigenvalue weighted by atomic mass is 16.4. The summed E-state index contributed by atoms with van der Waals surface area (Å²) in [5.41, 5.74) is 0.833. The summed E-state index contributed by atoms with van der Waals surface area (Å²) in [6.45, 7) is 0.474. The zero-order valence-corrected chi connectivity index (χ0v) is 8.05. The fourth-order valence-electron chi connectivity index (χ4n) is 1.18. The minimum absolute atomic E-state index is 0.0750. The normalized spacial score (nSPS) is 10.2. The van der Waals surface area contributed by atoms with Crippen molar-refractivity contribution in [1.82, 2.24) is 9.97 Å². The number of nitrogens with one attached hydrogen (secondary N) is 1. The molecule has 2 rings (SSSR count). The van der Waals surface area contributed by atoms with Gasteiger partial charge in [-0.1, -0.05) is 0 Å². The standard InChI is InChI=1S/C10H11N3O2/c14-6-10-2-1-9(15-10)5-13-8-3-11-7-12-4-8/h1-4,7,13-14H,5-6H2. The van der Waals surface area contributed by atoms with Gasteiger partial charge in [-0.3, -0.25) is 0 Å². The molecule has 0 radical (unpaired) electrons. The van der Waals surface area contributed by atoms with Gasteiger partial charge < -0.3 is 14.8 Å². The maximum Gasteiger partial charge on any atom is 0.129 e. The molecule has 0 aliphatic heterocycles. The largest absolute Gasteiger partial charge is 0.462 e. The van der Waals surface area contributed by atoms with Crippen molar-refractivity contribution in [2.45, 2.75) is 13.2 Å². The van der Waals surface area contributed by atoms with Crippen LogP contribution in [-0.2, 0) is 13.2 Å². The monoisotopic (exact) mass is 205 g/mol. The number of anilines is 1. The van der Waals surface area contributed by atoms with Crippen molar-refractivity contribution in [2.24, 2.45) is 0 Å². The van der Waals surface area contributed by atoms with Gasteiger partial charge in [0.05, 0.1) is 24.6 Å². The van der Waals surface area contributed by atoms with Crippen LogP contribution in [0.3, 0.4) is 0 Å². The molecular formula is C10H11N3O2. The first-order valence-corrected chi connectivity index (χ1v) is 4.56. The van der Waals surface area contributed by atoms with Gasteiger partial charge in [-0.25, -0.2) is 9.97 Å². The van der Waals surface area contributed by atoms with E-state index < -0.39 is 0 Å². The van der Waals surface area contributed by atoms with Gasteiger partial charge in [0, 0.05) is 0 Å². The van der Waals surface area contributed by atoms with Crippen LogP contribution < -0.4 is 5.32 Å². The molecule has 0 aliphatic rings. The van der Waals surface area contributed by atoms with Gasteiger partial charge in [-0.05, 0) is 12.1 Å². The number of rotatable bonds is 4. The van der Waals surface area contributed by atoms with E-state index in [1.54, 1.807) is 18.5 Å². The molecule has 2 heterocycles. The Kier molecular flexibility index (Phi) is 2.94. The summed E-state index contributed by atoms with van der Waals surface area (Å²) in [4.78, 5) is 7.75. The van der Waals surface area contributed by atoms with Gasteiger partial charge in [0.1, 0.15) is 24.5 Å². The highest BCUT2D eigenvalue weighted by Gasteiger charge is 2.00. The average Bonchev–Trinajstić information content (AvgIpc) is 2.76. The maximum absolute atomic E-state index is 8.80. The van der Waals surface area contributed by atoms with Crippen LogP contribution in [0.4, 0.5) is 5.69 Å². The molecule has 78 valence electrons. The van der Waals surface area contributed by atoms with Crippen molar-refractivity contribution < 1.29 is 9.52 Å². The molecule has 0 aromatic carbocycles. The zero-order chi connectivity index (χ0) is 10.5. The van der Waals surface area contributed by atoms with Crippen LogP contribution >= 0.6 is 0 Å². The SMILES string of the molecule is OCc1ccc(CNc2cncnc2)o1. The molecule has 0 fully saturated rings. The van der Waals surface area contributed by atoms with Crippen molar-refractivity contribution >= 4 is 5.69 Å². The van der Waals surface area contributed by atoms with Crippen molar-refractivity contribution in [1.29, 1.82) is 0 Å². The molecule has 2 aromatic heterocycles. The molecule has 15 heavy (non-hydrogen) atoms. The summed E-state index contributed by atoms with van der Waals surface area (Å²) in [5.74, 6) is 1.33. The molecule has 0 amide bonds. The zero-order valence-electron chi connectivity index (χ0n) is 8.05. The Morgan fingerprint density at radius 3 is 2.60 bits per heavy atom. The lowest BCUT2D eigenvalue weighted by Crippen LogP contribution is -1.98. The lowest BCUT2D eigenvalue weighted by molar-refractivity contribution is 0.244. The number of aromatic nitrogens is 2. The first-order chi connectivity index (χ1) is 7.38. The smallest absolute Gasteiger partial charge is 0.129 e. The highest BCUT2D eigenvalue weighted by Crippen LogP contribution is 2.10. The van der Waals surface area contributed by atoms with Gasteiger partial charge in [-0.15, -0.1) is 0 Å². The summed E-state index contributed by atoms with van der Waals surface area (Å²) < 4.78 is 5.30. The number of furan rings is 1. The molecule has 0 spiro atoms. The lowest BCUT2D eigenvalue weighted by atomic mass is 10.4. The van der Waals surface area contributed by atoms with E-state index in [1.807, 2.05) is 6.07 Å². The van der Waals surface area contributed by atoms with Crippen molar-refractivity contribution in [3.05, 3.63) is 42.4 Å². The molecular weight excluding hydrogens is 194 g/mol. The van der Waals surface area contributed by atoms with E-state index in [1.165, 1.54) is 6.33 Å². The summed E-state index contributed by atoms with van der Waals surface area (Å²) >= 11 is 0. The van der Waals surface area contributed by atoms with Crippen LogP contribution in [0.15, 0.2) is 35.3 Å². The number of aliphatic hydroxyl groups is 1. The summed E-state index contributed by atoms with van der Waals surface area (Å²) in [5, 5.41) is 11.9. The van der Waals surface area contributed by atoms with E-state index in [-0.39, 0.29) is 6.61 Å². The molecule has 0 aliphatic carbocycles. The number of hydrogen-bond acceptors (Lipinski definition) is 5. The Hall–Kier alpha value is -1.88. The average molecular weight is 205 g/mol. The number of hydrogen-bond donors (Lipinski definition) is 2. The van der Waals surface area contributed by atoms with Crippen LogP contribution in [-0.4, -0.2) is 15.1 Å². The minimum Gasteiger partial charge on any atom is -0.462 e. The second-order valence-electron chi connectivity index (χ2n) is 3.01. The molecule has 0 saturated heterocycles. The van der Waals surface area contributed by atoms with E-state index in [0.717, 1.165) is 11.4 Å². The maximum atomic E-state index is 8.80. The topological polar surface area (TPSA) is 71.2 Å². The third-order valence-corrected chi connectivity index (χ3v) is 1.90. The Bertz CT molecular complexity index is 414.